The average molecular weight is 518 g/mol. The maximum absolute atomic E-state index is 13.4. The molecule has 1 heterocycles. The van der Waals surface area contributed by atoms with Crippen molar-refractivity contribution in [1.29, 1.82) is 0 Å². The number of ether oxygens (including phenoxy) is 3. The first-order valence-corrected chi connectivity index (χ1v) is 12.5. The number of methoxy groups -OCH3 is 1. The molecule has 4 rings (SSSR count). The van der Waals surface area contributed by atoms with E-state index in [1.165, 1.54) is 11.0 Å². The highest BCUT2D eigenvalue weighted by molar-refractivity contribution is 6.46. The van der Waals surface area contributed by atoms with Gasteiger partial charge < -0.3 is 29.3 Å². The molecule has 0 aromatic heterocycles. The number of aliphatic hydroxyl groups is 1. The number of likely N-dealkylation sites (tertiary alicyclic amines) is 1. The second kappa shape index (κ2) is 11.7. The standard InChI is InChI=1S/C30H31NO7/c1-4-14-38-23-11-7-9-21(16-23)28(33)26-27(20-12-13-24(32)25(17-20)37-5-2)31(30(35)29(26)34)18-19-8-6-10-22(15-19)36-3/h6-13,15-17,27,32-33H,4-5,14,18H2,1-3H3/b28-26-. The van der Waals surface area contributed by atoms with E-state index in [4.69, 9.17) is 14.2 Å². The van der Waals surface area contributed by atoms with Crippen LogP contribution in [0.1, 0.15) is 43.0 Å². The van der Waals surface area contributed by atoms with Crippen molar-refractivity contribution in [2.24, 2.45) is 0 Å². The molecule has 3 aromatic rings. The van der Waals surface area contributed by atoms with Gasteiger partial charge in [0.2, 0.25) is 0 Å². The Morgan fingerprint density at radius 1 is 0.947 bits per heavy atom. The van der Waals surface area contributed by atoms with E-state index in [-0.39, 0.29) is 29.4 Å². The molecule has 1 aliphatic rings. The largest absolute Gasteiger partial charge is 0.507 e. The van der Waals surface area contributed by atoms with E-state index in [1.54, 1.807) is 68.6 Å². The van der Waals surface area contributed by atoms with Crippen molar-refractivity contribution in [3.05, 3.63) is 89.0 Å². The average Bonchev–Trinajstić information content (AvgIpc) is 3.18. The van der Waals surface area contributed by atoms with Crippen molar-refractivity contribution in [3.8, 4) is 23.0 Å². The van der Waals surface area contributed by atoms with E-state index >= 15 is 0 Å². The number of ketones is 1. The van der Waals surface area contributed by atoms with E-state index in [2.05, 4.69) is 0 Å². The van der Waals surface area contributed by atoms with Crippen LogP contribution >= 0.6 is 0 Å². The number of rotatable bonds is 10. The van der Waals surface area contributed by atoms with Crippen LogP contribution in [0, 0.1) is 0 Å². The van der Waals surface area contributed by atoms with Gasteiger partial charge in [0, 0.05) is 12.1 Å². The van der Waals surface area contributed by atoms with Crippen molar-refractivity contribution in [3.63, 3.8) is 0 Å². The molecule has 0 saturated carbocycles. The number of carbonyl (C=O) groups is 2. The summed E-state index contributed by atoms with van der Waals surface area (Å²) in [6, 6.07) is 17.7. The maximum atomic E-state index is 13.4. The lowest BCUT2D eigenvalue weighted by Gasteiger charge is -2.26. The minimum absolute atomic E-state index is 0.0568. The summed E-state index contributed by atoms with van der Waals surface area (Å²) in [6.07, 6.45) is 0.814. The Labute approximate surface area is 221 Å². The number of Topliss-reactive ketones (excluding diaryl/α,β-unsaturated/α-hetero) is 1. The summed E-state index contributed by atoms with van der Waals surface area (Å²) in [5.74, 6) is -0.559. The zero-order chi connectivity index (χ0) is 27.2. The smallest absolute Gasteiger partial charge is 0.295 e. The molecule has 8 nitrogen and oxygen atoms in total. The van der Waals surface area contributed by atoms with Crippen LogP contribution in [0.25, 0.3) is 5.76 Å². The van der Waals surface area contributed by atoms with Gasteiger partial charge in [0.25, 0.3) is 11.7 Å². The molecule has 8 heteroatoms. The molecule has 1 unspecified atom stereocenters. The summed E-state index contributed by atoms with van der Waals surface area (Å²) in [4.78, 5) is 28.2. The lowest BCUT2D eigenvalue weighted by atomic mass is 9.94. The molecule has 0 bridgehead atoms. The molecule has 1 amide bonds. The topological polar surface area (TPSA) is 106 Å². The lowest BCUT2D eigenvalue weighted by Crippen LogP contribution is -2.29. The van der Waals surface area contributed by atoms with Crippen molar-refractivity contribution in [2.45, 2.75) is 32.9 Å². The highest BCUT2D eigenvalue weighted by Gasteiger charge is 2.46. The van der Waals surface area contributed by atoms with Crippen LogP contribution in [0.15, 0.2) is 72.3 Å². The fourth-order valence-electron chi connectivity index (χ4n) is 4.44. The molecule has 0 spiro atoms. The van der Waals surface area contributed by atoms with Gasteiger partial charge in [0.05, 0.1) is 31.9 Å². The van der Waals surface area contributed by atoms with Gasteiger partial charge in [0.15, 0.2) is 11.5 Å². The van der Waals surface area contributed by atoms with Crippen molar-refractivity contribution < 1.29 is 34.0 Å². The third-order valence-electron chi connectivity index (χ3n) is 6.21. The number of aliphatic hydroxyl groups excluding tert-OH is 1. The molecule has 1 saturated heterocycles. The van der Waals surface area contributed by atoms with Gasteiger partial charge in [-0.1, -0.05) is 37.3 Å². The molecule has 2 N–H and O–H groups in total. The Balaban J connectivity index is 1.85. The lowest BCUT2D eigenvalue weighted by molar-refractivity contribution is -0.140. The van der Waals surface area contributed by atoms with Crippen LogP contribution in [0.2, 0.25) is 0 Å². The molecule has 38 heavy (non-hydrogen) atoms. The van der Waals surface area contributed by atoms with Crippen LogP contribution in [0.3, 0.4) is 0 Å². The number of phenolic OH excluding ortho intramolecular Hbond substituents is 1. The van der Waals surface area contributed by atoms with E-state index in [0.29, 0.717) is 35.8 Å². The predicted molar refractivity (Wildman–Crippen MR) is 142 cm³/mol. The summed E-state index contributed by atoms with van der Waals surface area (Å²) >= 11 is 0. The second-order valence-electron chi connectivity index (χ2n) is 8.81. The van der Waals surface area contributed by atoms with Crippen LogP contribution in [0.5, 0.6) is 23.0 Å². The molecule has 1 aliphatic heterocycles. The molecular weight excluding hydrogens is 486 g/mol. The zero-order valence-electron chi connectivity index (χ0n) is 21.6. The molecule has 198 valence electrons. The molecular formula is C30H31NO7. The quantitative estimate of drug-likeness (QED) is 0.216. The first-order valence-electron chi connectivity index (χ1n) is 12.5. The number of benzene rings is 3. The number of hydrogen-bond donors (Lipinski definition) is 2. The zero-order valence-corrected chi connectivity index (χ0v) is 21.6. The van der Waals surface area contributed by atoms with Gasteiger partial charge in [-0.2, -0.15) is 0 Å². The van der Waals surface area contributed by atoms with E-state index < -0.39 is 17.7 Å². The minimum Gasteiger partial charge on any atom is -0.507 e. The van der Waals surface area contributed by atoms with E-state index in [0.717, 1.165) is 12.0 Å². The first-order chi connectivity index (χ1) is 18.4. The van der Waals surface area contributed by atoms with Gasteiger partial charge in [-0.3, -0.25) is 9.59 Å². The summed E-state index contributed by atoms with van der Waals surface area (Å²) in [5.41, 5.74) is 1.55. The number of hydrogen-bond acceptors (Lipinski definition) is 7. The Bertz CT molecular complexity index is 1360. The number of nitrogens with zero attached hydrogens (tertiary/aromatic N) is 1. The van der Waals surface area contributed by atoms with Crippen molar-refractivity contribution in [2.75, 3.05) is 20.3 Å². The predicted octanol–water partition coefficient (Wildman–Crippen LogP) is 5.21. The van der Waals surface area contributed by atoms with E-state index in [9.17, 15) is 19.8 Å². The molecule has 1 atom stereocenters. The Morgan fingerprint density at radius 2 is 1.71 bits per heavy atom. The number of aromatic hydroxyl groups is 1. The normalized spacial score (nSPS) is 16.5. The second-order valence-corrected chi connectivity index (χ2v) is 8.81. The van der Waals surface area contributed by atoms with Gasteiger partial charge in [-0.15, -0.1) is 0 Å². The molecule has 1 fully saturated rings. The van der Waals surface area contributed by atoms with Gasteiger partial charge in [0.1, 0.15) is 17.3 Å². The van der Waals surface area contributed by atoms with Crippen LogP contribution in [-0.2, 0) is 16.1 Å². The summed E-state index contributed by atoms with van der Waals surface area (Å²) in [7, 11) is 1.55. The monoisotopic (exact) mass is 517 g/mol. The maximum Gasteiger partial charge on any atom is 0.295 e. The summed E-state index contributed by atoms with van der Waals surface area (Å²) < 4.78 is 16.6. The summed E-state index contributed by atoms with van der Waals surface area (Å²) in [6.45, 7) is 4.68. The highest BCUT2D eigenvalue weighted by atomic mass is 16.5. The number of amides is 1. The van der Waals surface area contributed by atoms with Crippen LogP contribution < -0.4 is 14.2 Å². The SMILES string of the molecule is CCCOc1cccc(/C(O)=C2/C(=O)C(=O)N(Cc3cccc(OC)c3)C2c2ccc(O)c(OCC)c2)c1. The van der Waals surface area contributed by atoms with Gasteiger partial charge in [-0.25, -0.2) is 0 Å². The number of carbonyl (C=O) groups excluding carboxylic acids is 2. The van der Waals surface area contributed by atoms with Crippen LogP contribution in [0.4, 0.5) is 0 Å². The van der Waals surface area contributed by atoms with Gasteiger partial charge in [-0.05, 0) is 60.9 Å². The fraction of sp³-hybridized carbons (Fsp3) is 0.267. The number of phenols is 1. The molecule has 0 radical (unpaired) electrons. The Hall–Kier alpha value is -4.46. The fourth-order valence-corrected chi connectivity index (χ4v) is 4.44. The van der Waals surface area contributed by atoms with Gasteiger partial charge >= 0.3 is 0 Å². The van der Waals surface area contributed by atoms with E-state index in [1.807, 2.05) is 13.0 Å². The highest BCUT2D eigenvalue weighted by Crippen LogP contribution is 2.43. The third kappa shape index (κ3) is 5.44. The summed E-state index contributed by atoms with van der Waals surface area (Å²) in [5, 5.41) is 21.7. The minimum atomic E-state index is -0.929. The first kappa shape index (κ1) is 26.6. The third-order valence-corrected chi connectivity index (χ3v) is 6.21. The van der Waals surface area contributed by atoms with Crippen molar-refractivity contribution in [1.82, 2.24) is 4.90 Å². The van der Waals surface area contributed by atoms with Crippen molar-refractivity contribution >= 4 is 17.4 Å². The molecule has 3 aromatic carbocycles. The van der Waals surface area contributed by atoms with Crippen LogP contribution in [-0.4, -0.2) is 47.1 Å². The Kier molecular flexibility index (Phi) is 8.21. The Morgan fingerprint density at radius 3 is 2.45 bits per heavy atom. The molecule has 0 aliphatic carbocycles.